The van der Waals surface area contributed by atoms with E-state index < -0.39 is 0 Å². The Labute approximate surface area is 105 Å². The molecule has 1 saturated heterocycles. The molecule has 1 atom stereocenters. The number of hydrogen-bond acceptors (Lipinski definition) is 4. The lowest BCUT2D eigenvalue weighted by Crippen LogP contribution is -2.29. The van der Waals surface area contributed by atoms with E-state index in [4.69, 9.17) is 4.74 Å². The molecule has 1 aromatic rings. The fourth-order valence-corrected chi connectivity index (χ4v) is 2.71. The van der Waals surface area contributed by atoms with Crippen LogP contribution in [0, 0.1) is 0 Å². The van der Waals surface area contributed by atoms with Crippen molar-refractivity contribution in [3.8, 4) is 0 Å². The van der Waals surface area contributed by atoms with E-state index in [-0.39, 0.29) is 24.3 Å². The van der Waals surface area contributed by atoms with Crippen LogP contribution < -0.4 is 0 Å². The van der Waals surface area contributed by atoms with Crippen molar-refractivity contribution in [3.05, 3.63) is 30.3 Å². The van der Waals surface area contributed by atoms with Crippen LogP contribution in [0.1, 0.15) is 19.3 Å². The average Bonchev–Trinajstić information content (AvgIpc) is 2.29. The number of carbonyl (C=O) groups excluding carboxylic acids is 2. The molecule has 1 aliphatic rings. The van der Waals surface area contributed by atoms with Gasteiger partial charge < -0.3 is 4.74 Å². The summed E-state index contributed by atoms with van der Waals surface area (Å²) in [5.41, 5.74) is 0. The molecule has 2 rings (SSSR count). The zero-order valence-electron chi connectivity index (χ0n) is 9.43. The highest BCUT2D eigenvalue weighted by Crippen LogP contribution is 2.21. The second-order valence-corrected chi connectivity index (χ2v) is 5.15. The Morgan fingerprint density at radius 2 is 2.00 bits per heavy atom. The number of ether oxygens (including phenoxy) is 1. The van der Waals surface area contributed by atoms with Gasteiger partial charge in [0, 0.05) is 17.1 Å². The second kappa shape index (κ2) is 5.87. The maximum absolute atomic E-state index is 11.2. The first kappa shape index (κ1) is 12.2. The SMILES string of the molecule is O=C1CC(=O)OC(CCSc2ccccc2)C1. The first-order chi connectivity index (χ1) is 8.24. The maximum atomic E-state index is 11.2. The van der Waals surface area contributed by atoms with Crippen molar-refractivity contribution in [1.82, 2.24) is 0 Å². The van der Waals surface area contributed by atoms with Crippen LogP contribution in [-0.4, -0.2) is 23.6 Å². The molecule has 1 aromatic carbocycles. The molecule has 0 amide bonds. The van der Waals surface area contributed by atoms with Gasteiger partial charge in [-0.05, 0) is 18.6 Å². The van der Waals surface area contributed by atoms with E-state index in [1.165, 1.54) is 4.90 Å². The maximum Gasteiger partial charge on any atom is 0.313 e. The summed E-state index contributed by atoms with van der Waals surface area (Å²) in [7, 11) is 0. The molecule has 1 fully saturated rings. The summed E-state index contributed by atoms with van der Waals surface area (Å²) in [4.78, 5) is 23.5. The van der Waals surface area contributed by atoms with Crippen LogP contribution in [-0.2, 0) is 14.3 Å². The van der Waals surface area contributed by atoms with Crippen LogP contribution in [0.25, 0.3) is 0 Å². The monoisotopic (exact) mass is 250 g/mol. The van der Waals surface area contributed by atoms with Gasteiger partial charge in [0.15, 0.2) is 0 Å². The molecule has 4 heteroatoms. The van der Waals surface area contributed by atoms with Gasteiger partial charge in [-0.15, -0.1) is 11.8 Å². The third-order valence-electron chi connectivity index (χ3n) is 2.55. The predicted octanol–water partition coefficient (Wildman–Crippen LogP) is 2.44. The van der Waals surface area contributed by atoms with E-state index in [0.29, 0.717) is 6.42 Å². The van der Waals surface area contributed by atoms with Gasteiger partial charge in [-0.25, -0.2) is 0 Å². The number of Topliss-reactive ketones (excluding diaryl/α,β-unsaturated/α-hetero) is 1. The molecule has 90 valence electrons. The number of hydrogen-bond donors (Lipinski definition) is 0. The highest BCUT2D eigenvalue weighted by Gasteiger charge is 2.26. The van der Waals surface area contributed by atoms with Gasteiger partial charge in [0.05, 0.1) is 0 Å². The van der Waals surface area contributed by atoms with Gasteiger partial charge in [-0.2, -0.15) is 0 Å². The summed E-state index contributed by atoms with van der Waals surface area (Å²) in [6.07, 6.45) is 0.834. The van der Waals surface area contributed by atoms with Crippen LogP contribution >= 0.6 is 11.8 Å². The Balaban J connectivity index is 1.75. The van der Waals surface area contributed by atoms with Crippen molar-refractivity contribution in [2.24, 2.45) is 0 Å². The first-order valence-corrected chi connectivity index (χ1v) is 6.61. The highest BCUT2D eigenvalue weighted by molar-refractivity contribution is 7.99. The third kappa shape index (κ3) is 3.89. The topological polar surface area (TPSA) is 43.4 Å². The lowest BCUT2D eigenvalue weighted by atomic mass is 10.1. The van der Waals surface area contributed by atoms with E-state index >= 15 is 0 Å². The molecule has 3 nitrogen and oxygen atoms in total. The smallest absolute Gasteiger partial charge is 0.313 e. The Hall–Kier alpha value is -1.29. The number of carbonyl (C=O) groups is 2. The van der Waals surface area contributed by atoms with Crippen LogP contribution in [0.2, 0.25) is 0 Å². The van der Waals surface area contributed by atoms with Gasteiger partial charge in [0.1, 0.15) is 18.3 Å². The van der Waals surface area contributed by atoms with Gasteiger partial charge in [0.25, 0.3) is 0 Å². The standard InChI is InChI=1S/C13H14O3S/c14-10-8-11(16-13(15)9-10)6-7-17-12-4-2-1-3-5-12/h1-5,11H,6-9H2. The minimum atomic E-state index is -0.379. The molecular weight excluding hydrogens is 236 g/mol. The minimum absolute atomic E-state index is 0.00374. The third-order valence-corrected chi connectivity index (χ3v) is 3.59. The summed E-state index contributed by atoms with van der Waals surface area (Å²) in [6, 6.07) is 10.1. The van der Waals surface area contributed by atoms with Crippen molar-refractivity contribution in [2.45, 2.75) is 30.3 Å². The molecule has 0 N–H and O–H groups in total. The Morgan fingerprint density at radius 3 is 2.71 bits per heavy atom. The van der Waals surface area contributed by atoms with Crippen LogP contribution in [0.15, 0.2) is 35.2 Å². The summed E-state index contributed by atoms with van der Waals surface area (Å²) >= 11 is 1.71. The summed E-state index contributed by atoms with van der Waals surface area (Å²) in [5, 5.41) is 0. The fourth-order valence-electron chi connectivity index (χ4n) is 1.74. The van der Waals surface area contributed by atoms with Crippen LogP contribution in [0.4, 0.5) is 0 Å². The first-order valence-electron chi connectivity index (χ1n) is 5.63. The summed E-state index contributed by atoms with van der Waals surface area (Å²) in [6.45, 7) is 0. The van der Waals surface area contributed by atoms with E-state index in [9.17, 15) is 9.59 Å². The van der Waals surface area contributed by atoms with E-state index in [2.05, 4.69) is 0 Å². The van der Waals surface area contributed by atoms with Gasteiger partial charge in [-0.3, -0.25) is 9.59 Å². The number of esters is 1. The fraction of sp³-hybridized carbons (Fsp3) is 0.385. The molecule has 1 heterocycles. The van der Waals surface area contributed by atoms with Crippen molar-refractivity contribution in [3.63, 3.8) is 0 Å². The van der Waals surface area contributed by atoms with Crippen molar-refractivity contribution >= 4 is 23.5 Å². The Bertz CT molecular complexity index is 386. The van der Waals surface area contributed by atoms with Gasteiger partial charge >= 0.3 is 5.97 Å². The van der Waals surface area contributed by atoms with Crippen LogP contribution in [0.5, 0.6) is 0 Å². The summed E-state index contributed by atoms with van der Waals surface area (Å²) < 4.78 is 5.12. The Morgan fingerprint density at radius 1 is 1.24 bits per heavy atom. The minimum Gasteiger partial charge on any atom is -0.462 e. The van der Waals surface area contributed by atoms with E-state index in [0.717, 1.165) is 12.2 Å². The molecule has 0 aliphatic carbocycles. The Kier molecular flexibility index (Phi) is 4.20. The van der Waals surface area contributed by atoms with Crippen molar-refractivity contribution in [2.75, 3.05) is 5.75 Å². The van der Waals surface area contributed by atoms with Crippen molar-refractivity contribution in [1.29, 1.82) is 0 Å². The van der Waals surface area contributed by atoms with E-state index in [1.807, 2.05) is 30.3 Å². The molecule has 1 aliphatic heterocycles. The number of cyclic esters (lactones) is 1. The molecule has 0 aromatic heterocycles. The lowest BCUT2D eigenvalue weighted by Gasteiger charge is -2.21. The molecule has 0 bridgehead atoms. The molecule has 0 saturated carbocycles. The van der Waals surface area contributed by atoms with Gasteiger partial charge in [0.2, 0.25) is 0 Å². The summed E-state index contributed by atoms with van der Waals surface area (Å²) in [5.74, 6) is 0.474. The largest absolute Gasteiger partial charge is 0.462 e. The lowest BCUT2D eigenvalue weighted by molar-refractivity contribution is -0.157. The van der Waals surface area contributed by atoms with Gasteiger partial charge in [-0.1, -0.05) is 18.2 Å². The number of rotatable bonds is 4. The molecule has 0 radical (unpaired) electrons. The highest BCUT2D eigenvalue weighted by atomic mass is 32.2. The second-order valence-electron chi connectivity index (χ2n) is 3.98. The predicted molar refractivity (Wildman–Crippen MR) is 65.9 cm³/mol. The average molecular weight is 250 g/mol. The number of ketones is 1. The quantitative estimate of drug-likeness (QED) is 0.467. The van der Waals surface area contributed by atoms with E-state index in [1.54, 1.807) is 11.8 Å². The number of benzene rings is 1. The van der Waals surface area contributed by atoms with Crippen molar-refractivity contribution < 1.29 is 14.3 Å². The molecule has 1 unspecified atom stereocenters. The normalized spacial score (nSPS) is 20.1. The zero-order valence-corrected chi connectivity index (χ0v) is 10.2. The molecular formula is C13H14O3S. The zero-order chi connectivity index (χ0) is 12.1. The molecule has 17 heavy (non-hydrogen) atoms. The number of thioether (sulfide) groups is 1. The van der Waals surface area contributed by atoms with Crippen LogP contribution in [0.3, 0.4) is 0 Å². The molecule has 0 spiro atoms.